The van der Waals surface area contributed by atoms with Crippen molar-refractivity contribution >= 4 is 19.8 Å². The van der Waals surface area contributed by atoms with Crippen molar-refractivity contribution in [3.8, 4) is 0 Å². The zero-order valence-electron chi connectivity index (χ0n) is 31.1. The van der Waals surface area contributed by atoms with Gasteiger partial charge in [-0.05, 0) is 32.1 Å². The van der Waals surface area contributed by atoms with E-state index < -0.39 is 51.8 Å². The number of aliphatic hydroxyl groups excluding tert-OH is 2. The molecule has 0 fully saturated rings. The van der Waals surface area contributed by atoms with Crippen molar-refractivity contribution in [1.82, 2.24) is 0 Å². The van der Waals surface area contributed by atoms with E-state index in [0.717, 1.165) is 44.9 Å². The van der Waals surface area contributed by atoms with Crippen LogP contribution in [0.15, 0.2) is 48.6 Å². The van der Waals surface area contributed by atoms with E-state index in [2.05, 4.69) is 30.5 Å². The van der Waals surface area contributed by atoms with Crippen molar-refractivity contribution in [2.75, 3.05) is 26.4 Å². The normalized spacial score (nSPS) is 14.6. The Balaban J connectivity index is 4.42. The molecule has 11 heteroatoms. The predicted octanol–water partition coefficient (Wildman–Crippen LogP) is 9.38. The van der Waals surface area contributed by atoms with Gasteiger partial charge in [0.15, 0.2) is 6.10 Å². The van der Waals surface area contributed by atoms with Gasteiger partial charge in [-0.15, -0.1) is 0 Å². The van der Waals surface area contributed by atoms with Gasteiger partial charge in [-0.3, -0.25) is 18.6 Å². The molecule has 0 rings (SSSR count). The number of hydrogen-bond donors (Lipinski definition) is 3. The Morgan fingerprint density at radius 1 is 0.620 bits per heavy atom. The van der Waals surface area contributed by atoms with Crippen LogP contribution in [-0.4, -0.2) is 65.7 Å². The fourth-order valence-corrected chi connectivity index (χ4v) is 5.67. The Labute approximate surface area is 303 Å². The van der Waals surface area contributed by atoms with Crippen LogP contribution in [-0.2, 0) is 32.7 Å². The van der Waals surface area contributed by atoms with Crippen LogP contribution in [0, 0.1) is 0 Å². The second-order valence-corrected chi connectivity index (χ2v) is 14.1. The summed E-state index contributed by atoms with van der Waals surface area (Å²) in [5, 5.41) is 18.3. The number of hydrogen-bond acceptors (Lipinski definition) is 9. The van der Waals surface area contributed by atoms with Crippen molar-refractivity contribution < 1.29 is 47.8 Å². The number of phosphoric ester groups is 1. The fraction of sp³-hybridized carbons (Fsp3) is 0.744. The minimum atomic E-state index is -4.62. The van der Waals surface area contributed by atoms with Gasteiger partial charge in [-0.2, -0.15) is 0 Å². The van der Waals surface area contributed by atoms with Crippen molar-refractivity contribution in [3.05, 3.63) is 48.6 Å². The molecule has 0 aliphatic rings. The zero-order chi connectivity index (χ0) is 37.0. The highest BCUT2D eigenvalue weighted by Crippen LogP contribution is 2.43. The van der Waals surface area contributed by atoms with Gasteiger partial charge in [0.2, 0.25) is 0 Å². The lowest BCUT2D eigenvalue weighted by Crippen LogP contribution is -2.29. The lowest BCUT2D eigenvalue weighted by molar-refractivity contribution is -0.161. The van der Waals surface area contributed by atoms with Gasteiger partial charge in [0.25, 0.3) is 0 Å². The third-order valence-electron chi connectivity index (χ3n) is 7.84. The van der Waals surface area contributed by atoms with Crippen molar-refractivity contribution in [3.63, 3.8) is 0 Å². The first-order valence-electron chi connectivity index (χ1n) is 19.1. The topological polar surface area (TPSA) is 149 Å². The number of allylic oxidation sites excluding steroid dienone is 8. The number of esters is 2. The maximum absolute atomic E-state index is 12.5. The number of carbonyl (C=O) groups is 2. The Bertz CT molecular complexity index is 978. The van der Waals surface area contributed by atoms with E-state index in [1.807, 2.05) is 36.5 Å². The van der Waals surface area contributed by atoms with Gasteiger partial charge in [-0.1, -0.05) is 152 Å². The largest absolute Gasteiger partial charge is 0.472 e. The van der Waals surface area contributed by atoms with Crippen LogP contribution >= 0.6 is 7.82 Å². The lowest BCUT2D eigenvalue weighted by atomic mass is 10.0. The molecule has 3 atom stereocenters. The second kappa shape index (κ2) is 35.3. The Morgan fingerprint density at radius 2 is 1.10 bits per heavy atom. The van der Waals surface area contributed by atoms with E-state index in [-0.39, 0.29) is 19.4 Å². The van der Waals surface area contributed by atoms with Crippen LogP contribution in [0.3, 0.4) is 0 Å². The number of ether oxygens (including phenoxy) is 2. The molecule has 0 aromatic heterocycles. The molecule has 290 valence electrons. The van der Waals surface area contributed by atoms with Gasteiger partial charge in [-0.25, -0.2) is 4.57 Å². The number of rotatable bonds is 35. The van der Waals surface area contributed by atoms with Gasteiger partial charge in [0.05, 0.1) is 19.8 Å². The van der Waals surface area contributed by atoms with Gasteiger partial charge in [0, 0.05) is 12.8 Å². The summed E-state index contributed by atoms with van der Waals surface area (Å²) in [4.78, 5) is 34.8. The minimum absolute atomic E-state index is 0.138. The summed E-state index contributed by atoms with van der Waals surface area (Å²) in [7, 11) is -4.62. The Morgan fingerprint density at radius 3 is 1.66 bits per heavy atom. The summed E-state index contributed by atoms with van der Waals surface area (Å²) in [6.45, 7) is 2.17. The maximum atomic E-state index is 12.5. The van der Waals surface area contributed by atoms with Crippen molar-refractivity contribution in [2.45, 2.75) is 161 Å². The average molecular weight is 729 g/mol. The molecule has 0 bridgehead atoms. The standard InChI is InChI=1S/C39H69O10P/c1-3-5-7-9-11-13-15-17-19-20-22-24-26-28-30-38(42)46-34-37(35-48-50(44,45)47-33-36(41)32-40)49-39(43)31-29-27-25-23-21-18-16-14-12-10-8-6-4-2/h6,8,10,12,14,16,18,21,36-37,40-41H,3-5,7,9,11,13,15,17,19-20,22-35H2,1-2H3,(H,44,45)/b8-6+,12-10+,16-14+,21-18+/t36-,37?/m0/s1. The molecule has 0 amide bonds. The first-order chi connectivity index (χ1) is 24.2. The highest BCUT2D eigenvalue weighted by Gasteiger charge is 2.27. The molecule has 0 heterocycles. The van der Waals surface area contributed by atoms with Crippen LogP contribution < -0.4 is 0 Å². The van der Waals surface area contributed by atoms with Gasteiger partial charge in [0.1, 0.15) is 12.7 Å². The lowest BCUT2D eigenvalue weighted by Gasteiger charge is -2.20. The van der Waals surface area contributed by atoms with Crippen LogP contribution in [0.5, 0.6) is 0 Å². The van der Waals surface area contributed by atoms with Crippen LogP contribution in [0.4, 0.5) is 0 Å². The fourth-order valence-electron chi connectivity index (χ4n) is 4.88. The van der Waals surface area contributed by atoms with Crippen molar-refractivity contribution in [2.24, 2.45) is 0 Å². The quantitative estimate of drug-likeness (QED) is 0.0249. The number of unbranched alkanes of at least 4 members (excludes halogenated alkanes) is 16. The molecule has 0 saturated carbocycles. The molecule has 0 aliphatic heterocycles. The third kappa shape index (κ3) is 34.4. The van der Waals surface area contributed by atoms with Crippen LogP contribution in [0.25, 0.3) is 0 Å². The number of phosphoric acid groups is 1. The molecule has 0 saturated heterocycles. The number of carbonyl (C=O) groups excluding carboxylic acids is 2. The van der Waals surface area contributed by atoms with E-state index in [9.17, 15) is 24.2 Å². The summed E-state index contributed by atoms with van der Waals surface area (Å²) in [5.41, 5.74) is 0. The summed E-state index contributed by atoms with van der Waals surface area (Å²) in [5.74, 6) is -0.972. The van der Waals surface area contributed by atoms with E-state index in [1.54, 1.807) is 0 Å². The van der Waals surface area contributed by atoms with E-state index in [4.69, 9.17) is 19.1 Å². The van der Waals surface area contributed by atoms with Crippen molar-refractivity contribution in [1.29, 1.82) is 0 Å². The first-order valence-corrected chi connectivity index (χ1v) is 20.6. The second-order valence-electron chi connectivity index (χ2n) is 12.7. The molecule has 50 heavy (non-hydrogen) atoms. The highest BCUT2D eigenvalue weighted by atomic mass is 31.2. The van der Waals surface area contributed by atoms with Gasteiger partial charge >= 0.3 is 19.8 Å². The number of aliphatic hydroxyl groups is 2. The molecular weight excluding hydrogens is 659 g/mol. The van der Waals surface area contributed by atoms with Crippen LogP contribution in [0.1, 0.15) is 149 Å². The SMILES string of the molecule is CC/C=C/C=C/C=C/C=C/CCCCCC(=O)OC(COC(=O)CCCCCCCCCCCCCCCC)COP(=O)(O)OC[C@@H](O)CO. The average Bonchev–Trinajstić information content (AvgIpc) is 3.10. The maximum Gasteiger partial charge on any atom is 0.472 e. The zero-order valence-corrected chi connectivity index (χ0v) is 32.0. The Kier molecular flexibility index (Phi) is 33.9. The minimum Gasteiger partial charge on any atom is -0.462 e. The monoisotopic (exact) mass is 728 g/mol. The highest BCUT2D eigenvalue weighted by molar-refractivity contribution is 7.47. The molecule has 3 N–H and O–H groups in total. The molecular formula is C39H69O10P. The molecule has 0 aromatic carbocycles. The van der Waals surface area contributed by atoms with Crippen LogP contribution in [0.2, 0.25) is 0 Å². The summed E-state index contributed by atoms with van der Waals surface area (Å²) >= 11 is 0. The van der Waals surface area contributed by atoms with E-state index in [0.29, 0.717) is 12.8 Å². The summed E-state index contributed by atoms with van der Waals surface area (Å²) < 4.78 is 32.5. The van der Waals surface area contributed by atoms with E-state index in [1.165, 1.54) is 64.2 Å². The van der Waals surface area contributed by atoms with Gasteiger partial charge < -0.3 is 24.6 Å². The molecule has 0 spiro atoms. The first kappa shape index (κ1) is 47.9. The summed E-state index contributed by atoms with van der Waals surface area (Å²) in [6.07, 6.45) is 35.1. The van der Waals surface area contributed by atoms with E-state index >= 15 is 0 Å². The molecule has 0 aliphatic carbocycles. The molecule has 0 aromatic rings. The Hall–Kier alpha value is -2.07. The third-order valence-corrected chi connectivity index (χ3v) is 8.79. The molecule has 0 radical (unpaired) electrons. The predicted molar refractivity (Wildman–Crippen MR) is 201 cm³/mol. The molecule has 2 unspecified atom stereocenters. The smallest absolute Gasteiger partial charge is 0.462 e. The summed E-state index contributed by atoms with van der Waals surface area (Å²) in [6, 6.07) is 0. The molecule has 10 nitrogen and oxygen atoms in total.